The van der Waals surface area contributed by atoms with Crippen molar-refractivity contribution in [2.24, 2.45) is 5.92 Å². The fraction of sp³-hybridized carbons (Fsp3) is 0.667. The molecule has 0 heterocycles. The van der Waals surface area contributed by atoms with Crippen molar-refractivity contribution in [1.29, 1.82) is 0 Å². The molecule has 2 rings (SSSR count). The summed E-state index contributed by atoms with van der Waals surface area (Å²) in [6.07, 6.45) is 15.9. The largest absolute Gasteiger partial charge is 0.490 e. The van der Waals surface area contributed by atoms with E-state index < -0.39 is 11.6 Å². The molecule has 0 aromatic heterocycles. The Morgan fingerprint density at radius 2 is 1.68 bits per heavy atom. The predicted molar refractivity (Wildman–Crippen MR) is 111 cm³/mol. The fourth-order valence-electron chi connectivity index (χ4n) is 3.56. The zero-order chi connectivity index (χ0) is 20.2. The number of ether oxygens (including phenoxy) is 2. The fourth-order valence-corrected chi connectivity index (χ4v) is 3.56. The molecule has 2 unspecified atom stereocenters. The molecule has 1 aromatic carbocycles. The van der Waals surface area contributed by atoms with Crippen LogP contribution in [0.5, 0.6) is 5.75 Å². The van der Waals surface area contributed by atoms with Gasteiger partial charge in [-0.1, -0.05) is 64.5 Å². The predicted octanol–water partition coefficient (Wildman–Crippen LogP) is 7.36. The number of unbranched alkanes of at least 4 members (excludes halogenated alkanes) is 5. The number of hydrogen-bond donors (Lipinski definition) is 0. The van der Waals surface area contributed by atoms with Crippen LogP contribution in [0.4, 0.5) is 8.78 Å². The van der Waals surface area contributed by atoms with Crippen LogP contribution in [0.1, 0.15) is 83.6 Å². The van der Waals surface area contributed by atoms with Crippen molar-refractivity contribution in [3.63, 3.8) is 0 Å². The number of allylic oxidation sites excluding steroid dienone is 1. The van der Waals surface area contributed by atoms with Crippen LogP contribution >= 0.6 is 0 Å². The normalized spacial score (nSPS) is 19.1. The third kappa shape index (κ3) is 7.54. The summed E-state index contributed by atoms with van der Waals surface area (Å²) in [5, 5.41) is 0. The van der Waals surface area contributed by atoms with Crippen molar-refractivity contribution in [3.8, 4) is 5.75 Å². The Hall–Kier alpha value is -1.42. The van der Waals surface area contributed by atoms with Crippen molar-refractivity contribution in [2.45, 2.75) is 90.8 Å². The Bertz CT molecular complexity index is 601. The Morgan fingerprint density at radius 3 is 2.39 bits per heavy atom. The summed E-state index contributed by atoms with van der Waals surface area (Å²) in [7, 11) is 0. The zero-order valence-corrected chi connectivity index (χ0v) is 17.5. The molecule has 0 spiro atoms. The first-order chi connectivity index (χ1) is 13.7. The van der Waals surface area contributed by atoms with Gasteiger partial charge in [-0.25, -0.2) is 4.39 Å². The molecular weight excluding hydrogens is 358 g/mol. The van der Waals surface area contributed by atoms with E-state index in [0.717, 1.165) is 25.7 Å². The molecule has 4 heteroatoms. The summed E-state index contributed by atoms with van der Waals surface area (Å²) in [5.41, 5.74) is 0.242. The monoisotopic (exact) mass is 394 g/mol. The quantitative estimate of drug-likeness (QED) is 0.257. The molecule has 0 N–H and O–H groups in total. The van der Waals surface area contributed by atoms with Crippen LogP contribution < -0.4 is 4.74 Å². The van der Waals surface area contributed by atoms with Crippen LogP contribution in [-0.2, 0) is 11.3 Å². The van der Waals surface area contributed by atoms with Crippen molar-refractivity contribution in [1.82, 2.24) is 0 Å². The lowest BCUT2D eigenvalue weighted by molar-refractivity contribution is 0.0564. The van der Waals surface area contributed by atoms with E-state index in [1.54, 1.807) is 6.07 Å². The molecule has 0 fully saturated rings. The van der Waals surface area contributed by atoms with Gasteiger partial charge in [-0.3, -0.25) is 0 Å². The van der Waals surface area contributed by atoms with Crippen LogP contribution in [0.2, 0.25) is 0 Å². The van der Waals surface area contributed by atoms with Gasteiger partial charge in [0, 0.05) is 5.56 Å². The summed E-state index contributed by atoms with van der Waals surface area (Å²) in [6, 6.07) is 3.06. The molecular formula is C24H36F2O2. The maximum Gasteiger partial charge on any atom is 0.200 e. The van der Waals surface area contributed by atoms with E-state index in [4.69, 9.17) is 9.47 Å². The first-order valence-electron chi connectivity index (χ1n) is 11.0. The highest BCUT2D eigenvalue weighted by atomic mass is 19.2. The zero-order valence-electron chi connectivity index (χ0n) is 17.5. The topological polar surface area (TPSA) is 18.5 Å². The van der Waals surface area contributed by atoms with Crippen molar-refractivity contribution in [2.75, 3.05) is 6.61 Å². The summed E-state index contributed by atoms with van der Waals surface area (Å²) >= 11 is 0. The highest BCUT2D eigenvalue weighted by molar-refractivity contribution is 5.30. The summed E-state index contributed by atoms with van der Waals surface area (Å²) < 4.78 is 39.5. The molecule has 0 radical (unpaired) electrons. The first-order valence-corrected chi connectivity index (χ1v) is 11.0. The smallest absolute Gasteiger partial charge is 0.200 e. The van der Waals surface area contributed by atoms with E-state index in [-0.39, 0.29) is 24.0 Å². The molecule has 2 nitrogen and oxygen atoms in total. The van der Waals surface area contributed by atoms with Gasteiger partial charge in [0.2, 0.25) is 5.82 Å². The number of rotatable bonds is 13. The highest BCUT2D eigenvalue weighted by Crippen LogP contribution is 2.27. The molecule has 28 heavy (non-hydrogen) atoms. The van der Waals surface area contributed by atoms with E-state index in [9.17, 15) is 8.78 Å². The van der Waals surface area contributed by atoms with E-state index >= 15 is 0 Å². The molecule has 158 valence electrons. The Kier molecular flexibility index (Phi) is 10.6. The van der Waals surface area contributed by atoms with Crippen molar-refractivity contribution >= 4 is 0 Å². The third-order valence-electron chi connectivity index (χ3n) is 5.43. The standard InChI is InChI=1S/C24H36F2O2/c1-3-5-7-8-9-10-19-11-14-21(15-12-19)28-18-20-13-16-22(24(26)23(20)25)27-17-6-4-2/h11,13-14,16,19,21H,3-10,12,15,17-18H2,1-2H3. The average molecular weight is 395 g/mol. The van der Waals surface area contributed by atoms with Gasteiger partial charge < -0.3 is 9.47 Å². The molecule has 0 amide bonds. The van der Waals surface area contributed by atoms with Crippen LogP contribution in [0, 0.1) is 17.6 Å². The number of benzene rings is 1. The molecule has 1 aliphatic carbocycles. The summed E-state index contributed by atoms with van der Waals surface area (Å²) in [4.78, 5) is 0. The van der Waals surface area contributed by atoms with Crippen LogP contribution in [0.3, 0.4) is 0 Å². The summed E-state index contributed by atoms with van der Waals surface area (Å²) in [5.74, 6) is -1.16. The van der Waals surface area contributed by atoms with E-state index in [1.807, 2.05) is 6.92 Å². The highest BCUT2D eigenvalue weighted by Gasteiger charge is 2.18. The van der Waals surface area contributed by atoms with Crippen LogP contribution in [0.15, 0.2) is 24.3 Å². The van der Waals surface area contributed by atoms with E-state index in [1.165, 1.54) is 44.6 Å². The second-order valence-electron chi connectivity index (χ2n) is 7.83. The van der Waals surface area contributed by atoms with Gasteiger partial charge in [0.15, 0.2) is 11.6 Å². The lowest BCUT2D eigenvalue weighted by Gasteiger charge is -2.23. The molecule has 2 atom stereocenters. The minimum absolute atomic E-state index is 0.0146. The van der Waals surface area contributed by atoms with Crippen molar-refractivity contribution in [3.05, 3.63) is 41.5 Å². The molecule has 0 aliphatic heterocycles. The van der Waals surface area contributed by atoms with Crippen LogP contribution in [0.25, 0.3) is 0 Å². The Morgan fingerprint density at radius 1 is 0.893 bits per heavy atom. The van der Waals surface area contributed by atoms with Gasteiger partial charge in [-0.2, -0.15) is 4.39 Å². The minimum atomic E-state index is -0.917. The Balaban J connectivity index is 1.75. The number of hydrogen-bond acceptors (Lipinski definition) is 2. The van der Waals surface area contributed by atoms with Crippen LogP contribution in [-0.4, -0.2) is 12.7 Å². The molecule has 0 bridgehead atoms. The SMILES string of the molecule is CCCCCCCC1C=CC(OCc2ccc(OCCCC)c(F)c2F)CC1. The number of halogens is 2. The maximum atomic E-state index is 14.3. The van der Waals surface area contributed by atoms with Gasteiger partial charge in [0.05, 0.1) is 19.3 Å². The maximum absolute atomic E-state index is 14.3. The molecule has 1 aromatic rings. The van der Waals surface area contributed by atoms with Gasteiger partial charge in [0.25, 0.3) is 0 Å². The second kappa shape index (κ2) is 12.9. The van der Waals surface area contributed by atoms with Gasteiger partial charge in [-0.05, 0) is 43.7 Å². The molecule has 0 saturated heterocycles. The molecule has 0 saturated carbocycles. The van der Waals surface area contributed by atoms with Gasteiger partial charge in [-0.15, -0.1) is 0 Å². The second-order valence-corrected chi connectivity index (χ2v) is 7.83. The average Bonchev–Trinajstić information content (AvgIpc) is 2.71. The van der Waals surface area contributed by atoms with Gasteiger partial charge >= 0.3 is 0 Å². The van der Waals surface area contributed by atoms with Crippen molar-refractivity contribution < 1.29 is 18.3 Å². The lowest BCUT2D eigenvalue weighted by atomic mass is 9.89. The summed E-state index contributed by atoms with van der Waals surface area (Å²) in [6.45, 7) is 4.74. The Labute approximate surface area is 169 Å². The van der Waals surface area contributed by atoms with Gasteiger partial charge in [0.1, 0.15) is 0 Å². The van der Waals surface area contributed by atoms with E-state index in [2.05, 4.69) is 19.1 Å². The minimum Gasteiger partial charge on any atom is -0.490 e. The third-order valence-corrected chi connectivity index (χ3v) is 5.43. The molecule has 1 aliphatic rings. The van der Waals surface area contributed by atoms with E-state index in [0.29, 0.717) is 12.5 Å². The lowest BCUT2D eigenvalue weighted by Crippen LogP contribution is -2.17. The first kappa shape index (κ1) is 22.9.